The van der Waals surface area contributed by atoms with Gasteiger partial charge < -0.3 is 15.0 Å². The summed E-state index contributed by atoms with van der Waals surface area (Å²) >= 11 is 0. The number of likely N-dealkylation sites (tertiary alicyclic amines) is 2. The van der Waals surface area contributed by atoms with E-state index in [0.29, 0.717) is 11.9 Å². The molecular formula is C28H43N5O2. The number of nitrogens with one attached hydrogen (secondary N) is 1. The van der Waals surface area contributed by atoms with Gasteiger partial charge in [0, 0.05) is 55.9 Å². The lowest BCUT2D eigenvalue weighted by atomic mass is 9.79. The number of amides is 1. The SMILES string of the molecule is CNC(=O)Oc1c(CN2CCCC2)c2cccnc2n1C1CCN(C2CCC(C(C)C)CC2)CC1. The molecule has 0 spiro atoms. The summed E-state index contributed by atoms with van der Waals surface area (Å²) in [7, 11) is 1.63. The predicted molar refractivity (Wildman–Crippen MR) is 140 cm³/mol. The van der Waals surface area contributed by atoms with E-state index in [9.17, 15) is 4.79 Å². The molecule has 3 aliphatic rings. The fourth-order valence-corrected chi connectivity index (χ4v) is 6.73. The molecule has 0 bridgehead atoms. The standard InChI is InChI=1S/C28H43N5O2/c1-20(2)21-8-10-22(11-9-21)32-17-12-23(13-18-32)33-26-24(7-6-14-30-26)25(19-31-15-4-5-16-31)27(33)35-28(34)29-3/h6-7,14,20-23H,4-5,8-13,15-19H2,1-3H3,(H,29,34). The molecule has 35 heavy (non-hydrogen) atoms. The number of piperidine rings is 1. The molecule has 0 atom stereocenters. The number of carbonyl (C=O) groups is 1. The molecule has 2 aliphatic heterocycles. The van der Waals surface area contributed by atoms with Crippen LogP contribution in [0.15, 0.2) is 18.3 Å². The summed E-state index contributed by atoms with van der Waals surface area (Å²) < 4.78 is 8.24. The van der Waals surface area contributed by atoms with Gasteiger partial charge >= 0.3 is 6.09 Å². The van der Waals surface area contributed by atoms with Crippen molar-refractivity contribution in [1.82, 2.24) is 24.7 Å². The Balaban J connectivity index is 1.38. The highest BCUT2D eigenvalue weighted by Crippen LogP contribution is 2.40. The summed E-state index contributed by atoms with van der Waals surface area (Å²) in [5.74, 6) is 2.41. The smallest absolute Gasteiger partial charge is 0.393 e. The third-order valence-electron chi connectivity index (χ3n) is 8.86. The lowest BCUT2D eigenvalue weighted by Crippen LogP contribution is -2.44. The quantitative estimate of drug-likeness (QED) is 0.614. The second-order valence-corrected chi connectivity index (χ2v) is 11.2. The fourth-order valence-electron chi connectivity index (χ4n) is 6.73. The monoisotopic (exact) mass is 481 g/mol. The van der Waals surface area contributed by atoms with Crippen LogP contribution in [0.3, 0.4) is 0 Å². The lowest BCUT2D eigenvalue weighted by molar-refractivity contribution is 0.0878. The number of fused-ring (bicyclic) bond motifs is 1. The van der Waals surface area contributed by atoms with Gasteiger partial charge in [-0.1, -0.05) is 13.8 Å². The maximum Gasteiger partial charge on any atom is 0.413 e. The highest BCUT2D eigenvalue weighted by atomic mass is 16.6. The number of rotatable bonds is 6. The van der Waals surface area contributed by atoms with Crippen LogP contribution in [0.5, 0.6) is 5.88 Å². The first-order valence-corrected chi connectivity index (χ1v) is 13.9. The van der Waals surface area contributed by atoms with E-state index in [4.69, 9.17) is 9.72 Å². The molecule has 7 nitrogen and oxygen atoms in total. The third-order valence-corrected chi connectivity index (χ3v) is 8.86. The van der Waals surface area contributed by atoms with E-state index in [2.05, 4.69) is 39.6 Å². The second kappa shape index (κ2) is 10.9. The van der Waals surface area contributed by atoms with E-state index >= 15 is 0 Å². The molecule has 2 aromatic rings. The highest BCUT2D eigenvalue weighted by molar-refractivity contribution is 5.85. The molecule has 5 rings (SSSR count). The summed E-state index contributed by atoms with van der Waals surface area (Å²) in [6.07, 6.45) is 11.5. The number of nitrogens with zero attached hydrogens (tertiary/aromatic N) is 4. The number of aromatic nitrogens is 2. The van der Waals surface area contributed by atoms with Crippen LogP contribution < -0.4 is 10.1 Å². The van der Waals surface area contributed by atoms with Gasteiger partial charge in [0.25, 0.3) is 0 Å². The van der Waals surface area contributed by atoms with Gasteiger partial charge in [0.1, 0.15) is 5.65 Å². The second-order valence-electron chi connectivity index (χ2n) is 11.2. The Labute approximate surface area is 210 Å². The van der Waals surface area contributed by atoms with Crippen molar-refractivity contribution in [3.8, 4) is 5.88 Å². The molecule has 192 valence electrons. The molecule has 3 fully saturated rings. The molecule has 4 heterocycles. The highest BCUT2D eigenvalue weighted by Gasteiger charge is 2.33. The Morgan fingerprint density at radius 1 is 1.06 bits per heavy atom. The van der Waals surface area contributed by atoms with Crippen molar-refractivity contribution < 1.29 is 9.53 Å². The van der Waals surface area contributed by atoms with Gasteiger partial charge in [-0.05, 0) is 88.4 Å². The van der Waals surface area contributed by atoms with Gasteiger partial charge in [0.15, 0.2) is 0 Å². The Bertz CT molecular complexity index is 996. The van der Waals surface area contributed by atoms with Crippen LogP contribution in [-0.2, 0) is 6.54 Å². The summed E-state index contributed by atoms with van der Waals surface area (Å²) in [6.45, 7) is 9.97. The third kappa shape index (κ3) is 5.21. The zero-order valence-corrected chi connectivity index (χ0v) is 21.8. The Hall–Kier alpha value is -2.12. The van der Waals surface area contributed by atoms with E-state index in [1.165, 1.54) is 38.5 Å². The summed E-state index contributed by atoms with van der Waals surface area (Å²) in [6, 6.07) is 5.17. The molecule has 0 unspecified atom stereocenters. The van der Waals surface area contributed by atoms with Gasteiger partial charge in [-0.15, -0.1) is 0 Å². The molecule has 2 saturated heterocycles. The number of hydrogen-bond donors (Lipinski definition) is 1. The lowest BCUT2D eigenvalue weighted by Gasteiger charge is -2.42. The van der Waals surface area contributed by atoms with Gasteiger partial charge in [-0.25, -0.2) is 9.78 Å². The van der Waals surface area contributed by atoms with E-state index in [1.807, 2.05) is 12.3 Å². The molecule has 1 aliphatic carbocycles. The topological polar surface area (TPSA) is 62.6 Å². The molecule has 0 radical (unpaired) electrons. The average Bonchev–Trinajstić information content (AvgIpc) is 3.51. The Morgan fingerprint density at radius 3 is 2.43 bits per heavy atom. The maximum atomic E-state index is 12.4. The van der Waals surface area contributed by atoms with Gasteiger partial charge in [0.05, 0.1) is 0 Å². The zero-order valence-electron chi connectivity index (χ0n) is 21.8. The van der Waals surface area contributed by atoms with Crippen molar-refractivity contribution in [2.45, 2.75) is 83.8 Å². The summed E-state index contributed by atoms with van der Waals surface area (Å²) in [5.41, 5.74) is 2.06. The first-order chi connectivity index (χ1) is 17.0. The molecule has 2 aromatic heterocycles. The first kappa shape index (κ1) is 24.6. The van der Waals surface area contributed by atoms with Gasteiger partial charge in [-0.3, -0.25) is 9.47 Å². The average molecular weight is 482 g/mol. The molecular weight excluding hydrogens is 438 g/mol. The summed E-state index contributed by atoms with van der Waals surface area (Å²) in [4.78, 5) is 22.4. The molecule has 1 saturated carbocycles. The molecule has 0 aromatic carbocycles. The van der Waals surface area contributed by atoms with Crippen molar-refractivity contribution in [2.24, 2.45) is 11.8 Å². The van der Waals surface area contributed by atoms with Crippen molar-refractivity contribution in [3.05, 3.63) is 23.9 Å². The van der Waals surface area contributed by atoms with E-state index in [0.717, 1.165) is 80.0 Å². The number of ether oxygens (including phenoxy) is 1. The van der Waals surface area contributed by atoms with E-state index < -0.39 is 6.09 Å². The first-order valence-electron chi connectivity index (χ1n) is 13.9. The largest absolute Gasteiger partial charge is 0.413 e. The summed E-state index contributed by atoms with van der Waals surface area (Å²) in [5, 5.41) is 3.77. The van der Waals surface area contributed by atoms with Crippen molar-refractivity contribution >= 4 is 17.1 Å². The van der Waals surface area contributed by atoms with Crippen LogP contribution in [0, 0.1) is 11.8 Å². The van der Waals surface area contributed by atoms with E-state index in [1.54, 1.807) is 7.05 Å². The minimum Gasteiger partial charge on any atom is -0.393 e. The number of pyridine rings is 1. The number of hydrogen-bond acceptors (Lipinski definition) is 5. The van der Waals surface area contributed by atoms with Crippen molar-refractivity contribution in [1.29, 1.82) is 0 Å². The van der Waals surface area contributed by atoms with Crippen LogP contribution in [0.2, 0.25) is 0 Å². The minimum absolute atomic E-state index is 0.294. The van der Waals surface area contributed by atoms with Crippen LogP contribution in [0.25, 0.3) is 11.0 Å². The van der Waals surface area contributed by atoms with Crippen molar-refractivity contribution in [3.63, 3.8) is 0 Å². The Morgan fingerprint density at radius 2 is 1.77 bits per heavy atom. The van der Waals surface area contributed by atoms with Crippen LogP contribution in [-0.4, -0.2) is 64.7 Å². The normalized spacial score (nSPS) is 24.9. The fraction of sp³-hybridized carbons (Fsp3) is 0.714. The molecule has 1 amide bonds. The van der Waals surface area contributed by atoms with Crippen LogP contribution in [0.4, 0.5) is 4.79 Å². The number of carbonyl (C=O) groups excluding carboxylic acids is 1. The van der Waals surface area contributed by atoms with Crippen LogP contribution in [0.1, 0.15) is 76.8 Å². The van der Waals surface area contributed by atoms with Gasteiger partial charge in [-0.2, -0.15) is 0 Å². The van der Waals surface area contributed by atoms with Crippen molar-refractivity contribution in [2.75, 3.05) is 33.2 Å². The molecule has 1 N–H and O–H groups in total. The maximum absolute atomic E-state index is 12.4. The minimum atomic E-state index is -0.406. The Kier molecular flexibility index (Phi) is 7.63. The molecule has 7 heteroatoms. The predicted octanol–water partition coefficient (Wildman–Crippen LogP) is 5.20. The van der Waals surface area contributed by atoms with E-state index in [-0.39, 0.29) is 0 Å². The zero-order chi connectivity index (χ0) is 24.4. The van der Waals surface area contributed by atoms with Crippen LogP contribution >= 0.6 is 0 Å². The van der Waals surface area contributed by atoms with Gasteiger partial charge in [0.2, 0.25) is 5.88 Å².